The molecule has 0 aromatic heterocycles. The highest BCUT2D eigenvalue weighted by molar-refractivity contribution is 5.70. The van der Waals surface area contributed by atoms with E-state index in [0.717, 1.165) is 0 Å². The Morgan fingerprint density at radius 2 is 1.86 bits per heavy atom. The number of amides is 1. The lowest BCUT2D eigenvalue weighted by Crippen LogP contribution is -2.20. The van der Waals surface area contributed by atoms with Crippen molar-refractivity contribution in [3.63, 3.8) is 0 Å². The molecule has 0 aliphatic rings. The fraction of sp³-hybridized carbons (Fsp3) is 0.750. The van der Waals surface area contributed by atoms with E-state index in [4.69, 9.17) is 4.74 Å². The molecule has 14 heavy (non-hydrogen) atoms. The number of esters is 1. The van der Waals surface area contributed by atoms with Crippen molar-refractivity contribution in [2.45, 2.75) is 6.42 Å². The standard InChI is InChI=1S/C8H15NO5/c1-9-8(11)14-5-3-4-13-7(10)6-12-2/h3-6H2,1-2H3,(H,9,11). The average Bonchev–Trinajstić information content (AvgIpc) is 2.17. The molecule has 6 heteroatoms. The Bertz CT molecular complexity index is 183. The Hall–Kier alpha value is -1.30. The molecule has 0 saturated carbocycles. The van der Waals surface area contributed by atoms with Gasteiger partial charge in [-0.2, -0.15) is 0 Å². The molecule has 0 aromatic rings. The maximum absolute atomic E-state index is 10.7. The van der Waals surface area contributed by atoms with E-state index < -0.39 is 12.1 Å². The van der Waals surface area contributed by atoms with Crippen molar-refractivity contribution in [2.75, 3.05) is 34.0 Å². The van der Waals surface area contributed by atoms with Gasteiger partial charge in [-0.05, 0) is 0 Å². The van der Waals surface area contributed by atoms with Gasteiger partial charge in [-0.3, -0.25) is 0 Å². The molecule has 0 aliphatic carbocycles. The number of methoxy groups -OCH3 is 1. The fourth-order valence-electron chi connectivity index (χ4n) is 0.641. The van der Waals surface area contributed by atoms with E-state index in [0.29, 0.717) is 6.42 Å². The van der Waals surface area contributed by atoms with Gasteiger partial charge in [0, 0.05) is 20.6 Å². The van der Waals surface area contributed by atoms with E-state index in [1.807, 2.05) is 0 Å². The summed E-state index contributed by atoms with van der Waals surface area (Å²) < 4.78 is 13.9. The topological polar surface area (TPSA) is 73.9 Å². The number of rotatable bonds is 6. The lowest BCUT2D eigenvalue weighted by Gasteiger charge is -2.04. The Morgan fingerprint density at radius 1 is 1.21 bits per heavy atom. The molecule has 0 saturated heterocycles. The first-order chi connectivity index (χ1) is 6.70. The number of ether oxygens (including phenoxy) is 3. The molecule has 0 atom stereocenters. The summed E-state index contributed by atoms with van der Waals surface area (Å²) in [6, 6.07) is 0. The largest absolute Gasteiger partial charge is 0.464 e. The smallest absolute Gasteiger partial charge is 0.406 e. The van der Waals surface area contributed by atoms with Crippen molar-refractivity contribution in [1.29, 1.82) is 0 Å². The van der Waals surface area contributed by atoms with Gasteiger partial charge in [-0.1, -0.05) is 0 Å². The van der Waals surface area contributed by atoms with E-state index in [1.165, 1.54) is 14.2 Å². The van der Waals surface area contributed by atoms with Crippen molar-refractivity contribution in [1.82, 2.24) is 5.32 Å². The Kier molecular flexibility index (Phi) is 7.53. The van der Waals surface area contributed by atoms with Crippen molar-refractivity contribution < 1.29 is 23.8 Å². The van der Waals surface area contributed by atoms with Gasteiger partial charge in [0.25, 0.3) is 0 Å². The van der Waals surface area contributed by atoms with E-state index in [-0.39, 0.29) is 19.8 Å². The maximum Gasteiger partial charge on any atom is 0.406 e. The molecule has 0 fully saturated rings. The third-order valence-electron chi connectivity index (χ3n) is 1.25. The number of alkyl carbamates (subject to hydrolysis) is 1. The lowest BCUT2D eigenvalue weighted by atomic mass is 10.5. The molecule has 6 nitrogen and oxygen atoms in total. The second kappa shape index (κ2) is 8.31. The molecule has 0 bridgehead atoms. The van der Waals surface area contributed by atoms with Gasteiger partial charge in [0.2, 0.25) is 0 Å². The minimum Gasteiger partial charge on any atom is -0.464 e. The second-order valence-electron chi connectivity index (χ2n) is 2.39. The van der Waals surface area contributed by atoms with E-state index >= 15 is 0 Å². The van der Waals surface area contributed by atoms with Crippen LogP contribution in [0.25, 0.3) is 0 Å². The van der Waals surface area contributed by atoms with Crippen LogP contribution < -0.4 is 5.32 Å². The summed E-state index contributed by atoms with van der Waals surface area (Å²) in [5.41, 5.74) is 0. The molecule has 0 spiro atoms. The molecule has 1 amide bonds. The van der Waals surface area contributed by atoms with Crippen LogP contribution in [0.1, 0.15) is 6.42 Å². The zero-order valence-electron chi connectivity index (χ0n) is 8.37. The Morgan fingerprint density at radius 3 is 2.43 bits per heavy atom. The highest BCUT2D eigenvalue weighted by Gasteiger charge is 2.01. The average molecular weight is 205 g/mol. The fourth-order valence-corrected chi connectivity index (χ4v) is 0.641. The lowest BCUT2D eigenvalue weighted by molar-refractivity contribution is -0.148. The predicted molar refractivity (Wildman–Crippen MR) is 47.9 cm³/mol. The predicted octanol–water partition coefficient (Wildman–Crippen LogP) is -0.0779. The molecule has 0 heterocycles. The molecular formula is C8H15NO5. The van der Waals surface area contributed by atoms with Crippen LogP contribution in [0.2, 0.25) is 0 Å². The van der Waals surface area contributed by atoms with E-state index in [1.54, 1.807) is 0 Å². The molecule has 1 N–H and O–H groups in total. The van der Waals surface area contributed by atoms with E-state index in [9.17, 15) is 9.59 Å². The molecule has 0 aromatic carbocycles. The summed E-state index contributed by atoms with van der Waals surface area (Å²) in [7, 11) is 2.89. The van der Waals surface area contributed by atoms with Gasteiger partial charge in [0.15, 0.2) is 0 Å². The SMILES string of the molecule is CNC(=O)OCCCOC(=O)COC. The van der Waals surface area contributed by atoms with Crippen LogP contribution in [0.3, 0.4) is 0 Å². The van der Waals surface area contributed by atoms with Crippen LogP contribution in [0.5, 0.6) is 0 Å². The highest BCUT2D eigenvalue weighted by Crippen LogP contribution is 1.87. The first kappa shape index (κ1) is 12.7. The minimum atomic E-state index is -0.492. The van der Waals surface area contributed by atoms with Crippen LogP contribution in [0.4, 0.5) is 4.79 Å². The van der Waals surface area contributed by atoms with Crippen molar-refractivity contribution in [2.24, 2.45) is 0 Å². The monoisotopic (exact) mass is 205 g/mol. The Balaban J connectivity index is 3.21. The number of carbonyl (C=O) groups is 2. The first-order valence-corrected chi connectivity index (χ1v) is 4.19. The highest BCUT2D eigenvalue weighted by atomic mass is 16.6. The van der Waals surface area contributed by atoms with Gasteiger partial charge in [0.1, 0.15) is 6.61 Å². The summed E-state index contributed by atoms with van der Waals surface area (Å²) >= 11 is 0. The van der Waals surface area contributed by atoms with Gasteiger partial charge in [0.05, 0.1) is 13.2 Å². The van der Waals surface area contributed by atoms with Crippen LogP contribution in [-0.4, -0.2) is 46.0 Å². The molecule has 0 aliphatic heterocycles. The van der Waals surface area contributed by atoms with E-state index in [2.05, 4.69) is 14.8 Å². The van der Waals surface area contributed by atoms with Gasteiger partial charge in [-0.25, -0.2) is 9.59 Å². The second-order valence-corrected chi connectivity index (χ2v) is 2.39. The first-order valence-electron chi connectivity index (χ1n) is 4.19. The van der Waals surface area contributed by atoms with Crippen LogP contribution in [0.15, 0.2) is 0 Å². The molecular weight excluding hydrogens is 190 g/mol. The van der Waals surface area contributed by atoms with Crippen molar-refractivity contribution in [3.05, 3.63) is 0 Å². The zero-order valence-corrected chi connectivity index (χ0v) is 8.37. The summed E-state index contributed by atoms with van der Waals surface area (Å²) in [5.74, 6) is -0.424. The quantitative estimate of drug-likeness (QED) is 0.485. The van der Waals surface area contributed by atoms with Gasteiger partial charge < -0.3 is 19.5 Å². The maximum atomic E-state index is 10.7. The number of hydrogen-bond donors (Lipinski definition) is 1. The summed E-state index contributed by atoms with van der Waals surface area (Å²) in [4.78, 5) is 21.3. The normalized spacial score (nSPS) is 9.29. The van der Waals surface area contributed by atoms with Crippen molar-refractivity contribution in [3.8, 4) is 0 Å². The van der Waals surface area contributed by atoms with Crippen molar-refractivity contribution >= 4 is 12.1 Å². The number of carbonyl (C=O) groups excluding carboxylic acids is 2. The minimum absolute atomic E-state index is 0.0592. The molecule has 0 rings (SSSR count). The van der Waals surface area contributed by atoms with Crippen LogP contribution in [0, 0.1) is 0 Å². The third-order valence-corrected chi connectivity index (χ3v) is 1.25. The summed E-state index contributed by atoms with van der Waals surface area (Å²) in [6.45, 7) is 0.384. The summed E-state index contributed by atoms with van der Waals surface area (Å²) in [6.07, 6.45) is -0.0173. The zero-order chi connectivity index (χ0) is 10.8. The summed E-state index contributed by atoms with van der Waals surface area (Å²) in [5, 5.41) is 2.30. The Labute approximate surface area is 82.5 Å². The number of hydrogen-bond acceptors (Lipinski definition) is 5. The molecule has 0 radical (unpaired) electrons. The van der Waals surface area contributed by atoms with Crippen LogP contribution in [-0.2, 0) is 19.0 Å². The molecule has 82 valence electrons. The third kappa shape index (κ3) is 7.35. The van der Waals surface area contributed by atoms with Gasteiger partial charge in [-0.15, -0.1) is 0 Å². The number of nitrogens with one attached hydrogen (secondary N) is 1. The van der Waals surface area contributed by atoms with Crippen LogP contribution >= 0.6 is 0 Å². The molecule has 0 unspecified atom stereocenters. The van der Waals surface area contributed by atoms with Gasteiger partial charge >= 0.3 is 12.1 Å².